The summed E-state index contributed by atoms with van der Waals surface area (Å²) in [5.41, 5.74) is -0.160. The van der Waals surface area contributed by atoms with Crippen LogP contribution in [-0.4, -0.2) is 29.7 Å². The summed E-state index contributed by atoms with van der Waals surface area (Å²) in [6, 6.07) is 3.54. The predicted molar refractivity (Wildman–Crippen MR) is 83.6 cm³/mol. The lowest BCUT2D eigenvalue weighted by molar-refractivity contribution is -0.139. The number of hydrogen-bond acceptors (Lipinski definition) is 4. The number of amides is 1. The zero-order valence-corrected chi connectivity index (χ0v) is 13.4. The van der Waals surface area contributed by atoms with Gasteiger partial charge in [0.2, 0.25) is 5.88 Å². The number of aromatic nitrogens is 1. The van der Waals surface area contributed by atoms with Crippen LogP contribution in [0.4, 0.5) is 5.69 Å². The fraction of sp³-hybridized carbons (Fsp3) is 0.625. The molecule has 118 valence electrons. The average molecular weight is 294 g/mol. The van der Waals surface area contributed by atoms with Gasteiger partial charge in [-0.25, -0.2) is 4.98 Å². The number of carbonyl (C=O) groups excluding carboxylic acids is 1. The SMILES string of the molecule is CCCOc1ccc(NC(=O)C(C)(CCC)OCC)cn1. The Kier molecular flexibility index (Phi) is 7.15. The fourth-order valence-corrected chi connectivity index (χ4v) is 2.06. The van der Waals surface area contributed by atoms with Crippen molar-refractivity contribution in [2.45, 2.75) is 52.6 Å². The number of nitrogens with zero attached hydrogens (tertiary/aromatic N) is 1. The van der Waals surface area contributed by atoms with Gasteiger partial charge in [-0.3, -0.25) is 4.79 Å². The molecule has 0 saturated heterocycles. The van der Waals surface area contributed by atoms with Crippen LogP contribution in [0.2, 0.25) is 0 Å². The number of rotatable bonds is 9. The molecule has 0 radical (unpaired) electrons. The van der Waals surface area contributed by atoms with Gasteiger partial charge >= 0.3 is 0 Å². The van der Waals surface area contributed by atoms with E-state index in [2.05, 4.69) is 10.3 Å². The summed E-state index contributed by atoms with van der Waals surface area (Å²) in [6.45, 7) is 8.93. The van der Waals surface area contributed by atoms with Gasteiger partial charge in [0.1, 0.15) is 5.60 Å². The Morgan fingerprint density at radius 1 is 1.29 bits per heavy atom. The number of anilines is 1. The third kappa shape index (κ3) is 5.34. The zero-order valence-electron chi connectivity index (χ0n) is 13.4. The first-order chi connectivity index (χ1) is 10.1. The summed E-state index contributed by atoms with van der Waals surface area (Å²) in [5.74, 6) is 0.422. The largest absolute Gasteiger partial charge is 0.478 e. The van der Waals surface area contributed by atoms with E-state index in [9.17, 15) is 4.79 Å². The van der Waals surface area contributed by atoms with Gasteiger partial charge in [0, 0.05) is 12.7 Å². The van der Waals surface area contributed by atoms with Gasteiger partial charge in [0.25, 0.3) is 5.91 Å². The molecular formula is C16H26N2O3. The molecule has 0 fully saturated rings. The van der Waals surface area contributed by atoms with E-state index >= 15 is 0 Å². The summed E-state index contributed by atoms with van der Waals surface area (Å²) >= 11 is 0. The molecule has 0 aliphatic heterocycles. The Bertz CT molecular complexity index is 426. The van der Waals surface area contributed by atoms with Crippen LogP contribution in [0.15, 0.2) is 18.3 Å². The molecule has 0 aromatic carbocycles. The van der Waals surface area contributed by atoms with Gasteiger partial charge in [0.05, 0.1) is 18.5 Å². The second-order valence-electron chi connectivity index (χ2n) is 5.10. The summed E-state index contributed by atoms with van der Waals surface area (Å²) in [5, 5.41) is 2.85. The Morgan fingerprint density at radius 3 is 2.57 bits per heavy atom. The van der Waals surface area contributed by atoms with Gasteiger partial charge in [-0.2, -0.15) is 0 Å². The molecule has 1 N–H and O–H groups in total. The minimum absolute atomic E-state index is 0.143. The third-order valence-electron chi connectivity index (χ3n) is 3.12. The normalized spacial score (nSPS) is 13.5. The first-order valence-corrected chi connectivity index (χ1v) is 7.60. The van der Waals surface area contributed by atoms with Gasteiger partial charge in [-0.15, -0.1) is 0 Å². The molecule has 1 atom stereocenters. The Morgan fingerprint density at radius 2 is 2.05 bits per heavy atom. The molecule has 1 aromatic heterocycles. The van der Waals surface area contributed by atoms with Crippen molar-refractivity contribution in [1.29, 1.82) is 0 Å². The topological polar surface area (TPSA) is 60.5 Å². The van der Waals surface area contributed by atoms with Gasteiger partial charge < -0.3 is 14.8 Å². The maximum atomic E-state index is 12.4. The van der Waals surface area contributed by atoms with Crippen molar-refractivity contribution in [3.8, 4) is 5.88 Å². The Hall–Kier alpha value is -1.62. The number of hydrogen-bond donors (Lipinski definition) is 1. The molecule has 21 heavy (non-hydrogen) atoms. The number of ether oxygens (including phenoxy) is 2. The van der Waals surface area contributed by atoms with Crippen LogP contribution in [0.25, 0.3) is 0 Å². The average Bonchev–Trinajstić information content (AvgIpc) is 2.47. The van der Waals surface area contributed by atoms with Gasteiger partial charge in [-0.1, -0.05) is 20.3 Å². The van der Waals surface area contributed by atoms with Crippen LogP contribution >= 0.6 is 0 Å². The van der Waals surface area contributed by atoms with Crippen molar-refractivity contribution < 1.29 is 14.3 Å². The third-order valence-corrected chi connectivity index (χ3v) is 3.12. The van der Waals surface area contributed by atoms with Crippen molar-refractivity contribution in [2.24, 2.45) is 0 Å². The molecule has 1 rings (SSSR count). The highest BCUT2D eigenvalue weighted by Gasteiger charge is 2.32. The summed E-state index contributed by atoms with van der Waals surface area (Å²) in [6.07, 6.45) is 4.09. The van der Waals surface area contributed by atoms with E-state index in [0.29, 0.717) is 31.2 Å². The van der Waals surface area contributed by atoms with E-state index in [4.69, 9.17) is 9.47 Å². The van der Waals surface area contributed by atoms with Crippen molar-refractivity contribution >= 4 is 11.6 Å². The molecule has 0 saturated carbocycles. The number of pyridine rings is 1. The van der Waals surface area contributed by atoms with Crippen LogP contribution < -0.4 is 10.1 Å². The summed E-state index contributed by atoms with van der Waals surface area (Å²) in [7, 11) is 0. The van der Waals surface area contributed by atoms with E-state index in [1.54, 1.807) is 18.3 Å². The molecule has 5 heteroatoms. The molecule has 1 heterocycles. The van der Waals surface area contributed by atoms with Crippen LogP contribution in [0, 0.1) is 0 Å². The predicted octanol–water partition coefficient (Wildman–Crippen LogP) is 3.40. The molecule has 1 amide bonds. The Labute approximate surface area is 127 Å². The molecule has 0 aliphatic carbocycles. The lowest BCUT2D eigenvalue weighted by Gasteiger charge is -2.27. The van der Waals surface area contributed by atoms with Crippen molar-refractivity contribution in [3.05, 3.63) is 18.3 Å². The van der Waals surface area contributed by atoms with E-state index in [0.717, 1.165) is 12.8 Å². The van der Waals surface area contributed by atoms with E-state index in [-0.39, 0.29) is 5.91 Å². The quantitative estimate of drug-likeness (QED) is 0.758. The molecule has 0 bridgehead atoms. The highest BCUT2D eigenvalue weighted by atomic mass is 16.5. The molecule has 0 spiro atoms. The van der Waals surface area contributed by atoms with Crippen LogP contribution in [0.1, 0.15) is 47.0 Å². The minimum Gasteiger partial charge on any atom is -0.478 e. The van der Waals surface area contributed by atoms with Crippen LogP contribution in [0.5, 0.6) is 5.88 Å². The lowest BCUT2D eigenvalue weighted by Crippen LogP contribution is -2.42. The van der Waals surface area contributed by atoms with E-state index in [1.165, 1.54) is 0 Å². The first-order valence-electron chi connectivity index (χ1n) is 7.60. The Balaban J connectivity index is 2.68. The standard InChI is InChI=1S/C16H26N2O3/c1-5-10-16(4,21-7-3)15(19)18-13-8-9-14(17-12-13)20-11-6-2/h8-9,12H,5-7,10-11H2,1-4H3,(H,18,19). The van der Waals surface area contributed by atoms with Crippen molar-refractivity contribution in [1.82, 2.24) is 4.98 Å². The van der Waals surface area contributed by atoms with Crippen molar-refractivity contribution in [3.63, 3.8) is 0 Å². The monoisotopic (exact) mass is 294 g/mol. The molecule has 5 nitrogen and oxygen atoms in total. The van der Waals surface area contributed by atoms with Crippen LogP contribution in [0.3, 0.4) is 0 Å². The van der Waals surface area contributed by atoms with Crippen molar-refractivity contribution in [2.75, 3.05) is 18.5 Å². The maximum Gasteiger partial charge on any atom is 0.256 e. The zero-order chi connectivity index (χ0) is 15.7. The van der Waals surface area contributed by atoms with Gasteiger partial charge in [0.15, 0.2) is 0 Å². The second kappa shape index (κ2) is 8.62. The first kappa shape index (κ1) is 17.4. The molecule has 1 unspecified atom stereocenters. The number of carbonyl (C=O) groups is 1. The number of nitrogens with one attached hydrogen (secondary N) is 1. The fourth-order valence-electron chi connectivity index (χ4n) is 2.06. The summed E-state index contributed by atoms with van der Waals surface area (Å²) < 4.78 is 11.0. The minimum atomic E-state index is -0.805. The summed E-state index contributed by atoms with van der Waals surface area (Å²) in [4.78, 5) is 16.5. The van der Waals surface area contributed by atoms with Crippen LogP contribution in [-0.2, 0) is 9.53 Å². The molecular weight excluding hydrogens is 268 g/mol. The van der Waals surface area contributed by atoms with E-state index in [1.807, 2.05) is 27.7 Å². The maximum absolute atomic E-state index is 12.4. The highest BCUT2D eigenvalue weighted by Crippen LogP contribution is 2.21. The highest BCUT2D eigenvalue weighted by molar-refractivity contribution is 5.96. The second-order valence-corrected chi connectivity index (χ2v) is 5.10. The smallest absolute Gasteiger partial charge is 0.256 e. The van der Waals surface area contributed by atoms with Gasteiger partial charge in [-0.05, 0) is 32.8 Å². The molecule has 1 aromatic rings. The molecule has 0 aliphatic rings. The van der Waals surface area contributed by atoms with E-state index < -0.39 is 5.60 Å². The lowest BCUT2D eigenvalue weighted by atomic mass is 9.99.